The van der Waals surface area contributed by atoms with Crippen molar-refractivity contribution in [2.24, 2.45) is 5.92 Å². The van der Waals surface area contributed by atoms with Gasteiger partial charge >= 0.3 is 0 Å². The fourth-order valence-electron chi connectivity index (χ4n) is 3.07. The fourth-order valence-corrected chi connectivity index (χ4v) is 6.01. The van der Waals surface area contributed by atoms with E-state index < -0.39 is 0 Å². The molecule has 0 aliphatic rings. The smallest absolute Gasteiger partial charge is 0.260 e. The first-order valence-corrected chi connectivity index (χ1v) is 11.7. The first-order valence-electron chi connectivity index (χ1n) is 9.04. The van der Waals surface area contributed by atoms with Crippen molar-refractivity contribution in [1.82, 2.24) is 15.0 Å². The maximum Gasteiger partial charge on any atom is 0.260 e. The van der Waals surface area contributed by atoms with E-state index in [1.54, 1.807) is 22.7 Å². The summed E-state index contributed by atoms with van der Waals surface area (Å²) in [4.78, 5) is 27.1. The quantitative estimate of drug-likeness (QED) is 0.320. The number of nitrogens with one attached hydrogen (secondary N) is 1. The summed E-state index contributed by atoms with van der Waals surface area (Å²) in [5.74, 6) is 1.27. The number of aromatic nitrogens is 3. The van der Waals surface area contributed by atoms with Crippen LogP contribution >= 0.6 is 34.4 Å². The topological polar surface area (TPSA) is 58.6 Å². The molecule has 0 saturated carbocycles. The number of rotatable bonds is 6. The highest BCUT2D eigenvalue weighted by Gasteiger charge is 2.17. The Morgan fingerprint density at radius 3 is 2.81 bits per heavy atom. The predicted octanol–water partition coefficient (Wildman–Crippen LogP) is 5.78. The first-order chi connectivity index (χ1) is 13.0. The second kappa shape index (κ2) is 7.73. The highest BCUT2D eigenvalue weighted by molar-refractivity contribution is 7.98. The van der Waals surface area contributed by atoms with E-state index in [9.17, 15) is 4.79 Å². The lowest BCUT2D eigenvalue weighted by Gasteiger charge is -2.08. The molecule has 4 nitrogen and oxygen atoms in total. The van der Waals surface area contributed by atoms with Crippen molar-refractivity contribution in [3.05, 3.63) is 50.1 Å². The average Bonchev–Trinajstić information content (AvgIpc) is 3.20. The van der Waals surface area contributed by atoms with Crippen LogP contribution in [0.25, 0.3) is 20.4 Å². The molecule has 0 spiro atoms. The van der Waals surface area contributed by atoms with Crippen LogP contribution in [-0.4, -0.2) is 15.0 Å². The number of thiophene rings is 1. The standard InChI is InChI=1S/C20H21N3OS3/c1-4-11(2)9-13-12(3)26-19-17(13)18(24)22-20(23-19)25-10-16-21-14-7-5-6-8-15(14)27-16/h5-8,11H,4,9-10H2,1-3H3,(H,22,23,24)/t11-/m0/s1. The molecular weight excluding hydrogens is 394 g/mol. The van der Waals surface area contributed by atoms with Crippen molar-refractivity contribution in [3.63, 3.8) is 0 Å². The van der Waals surface area contributed by atoms with E-state index in [-0.39, 0.29) is 5.56 Å². The van der Waals surface area contributed by atoms with Gasteiger partial charge in [0.2, 0.25) is 0 Å². The minimum absolute atomic E-state index is 0.0190. The molecule has 3 heterocycles. The summed E-state index contributed by atoms with van der Waals surface area (Å²) in [5.41, 5.74) is 2.17. The molecule has 7 heteroatoms. The van der Waals surface area contributed by atoms with Crippen LogP contribution in [0, 0.1) is 12.8 Å². The maximum atomic E-state index is 12.7. The van der Waals surface area contributed by atoms with Crippen LogP contribution in [0.2, 0.25) is 0 Å². The van der Waals surface area contributed by atoms with Crippen LogP contribution in [0.3, 0.4) is 0 Å². The van der Waals surface area contributed by atoms with Gasteiger partial charge in [-0.15, -0.1) is 22.7 Å². The Morgan fingerprint density at radius 2 is 2.04 bits per heavy atom. The number of nitrogens with zero attached hydrogens (tertiary/aromatic N) is 2. The van der Waals surface area contributed by atoms with Gasteiger partial charge in [-0.3, -0.25) is 4.79 Å². The third-order valence-corrected chi connectivity index (χ3v) is 7.91. The molecule has 0 aliphatic carbocycles. The Hall–Kier alpha value is -1.70. The predicted molar refractivity (Wildman–Crippen MR) is 117 cm³/mol. The van der Waals surface area contributed by atoms with Gasteiger partial charge in [0.1, 0.15) is 9.84 Å². The van der Waals surface area contributed by atoms with Gasteiger partial charge in [0, 0.05) is 4.88 Å². The number of H-pyrrole nitrogens is 1. The van der Waals surface area contributed by atoms with Gasteiger partial charge in [-0.05, 0) is 37.0 Å². The molecule has 0 amide bonds. The van der Waals surface area contributed by atoms with Gasteiger partial charge in [0.05, 0.1) is 21.4 Å². The van der Waals surface area contributed by atoms with Crippen molar-refractivity contribution in [1.29, 1.82) is 0 Å². The Bertz CT molecular complexity index is 1130. The zero-order chi connectivity index (χ0) is 19.0. The molecule has 4 rings (SSSR count). The SMILES string of the molecule is CC[C@H](C)Cc1c(C)sc2nc(SCc3nc4ccccc4s3)[nH]c(=O)c12. The number of benzene rings is 1. The van der Waals surface area contributed by atoms with Crippen molar-refractivity contribution in [3.8, 4) is 0 Å². The van der Waals surface area contributed by atoms with Crippen molar-refractivity contribution >= 4 is 54.9 Å². The highest BCUT2D eigenvalue weighted by Crippen LogP contribution is 2.32. The summed E-state index contributed by atoms with van der Waals surface area (Å²) >= 11 is 4.86. The molecule has 1 aromatic carbocycles. The second-order valence-electron chi connectivity index (χ2n) is 6.77. The Labute approximate surface area is 170 Å². The van der Waals surface area contributed by atoms with E-state index in [4.69, 9.17) is 4.98 Å². The third kappa shape index (κ3) is 3.81. The third-order valence-electron chi connectivity index (χ3n) is 4.76. The second-order valence-corrected chi connectivity index (χ2v) is 10.1. The minimum atomic E-state index is -0.0190. The summed E-state index contributed by atoms with van der Waals surface area (Å²) < 4.78 is 1.19. The molecule has 0 fully saturated rings. The monoisotopic (exact) mass is 415 g/mol. The van der Waals surface area contributed by atoms with E-state index in [1.165, 1.54) is 26.9 Å². The van der Waals surface area contributed by atoms with Gasteiger partial charge in [-0.2, -0.15) is 0 Å². The average molecular weight is 416 g/mol. The molecule has 1 N–H and O–H groups in total. The van der Waals surface area contributed by atoms with Crippen LogP contribution < -0.4 is 5.56 Å². The number of hydrogen-bond acceptors (Lipinski definition) is 6. The van der Waals surface area contributed by atoms with Crippen LogP contribution in [0.1, 0.15) is 35.7 Å². The lowest BCUT2D eigenvalue weighted by Crippen LogP contribution is -2.11. The molecule has 1 atom stereocenters. The summed E-state index contributed by atoms with van der Waals surface area (Å²) in [7, 11) is 0. The zero-order valence-corrected chi connectivity index (χ0v) is 18.0. The number of hydrogen-bond donors (Lipinski definition) is 1. The summed E-state index contributed by atoms with van der Waals surface area (Å²) in [6.45, 7) is 6.51. The van der Waals surface area contributed by atoms with E-state index in [0.717, 1.165) is 33.6 Å². The summed E-state index contributed by atoms with van der Waals surface area (Å²) in [5, 5.41) is 2.49. The Balaban J connectivity index is 1.60. The van der Waals surface area contributed by atoms with Crippen LogP contribution in [0.5, 0.6) is 0 Å². The summed E-state index contributed by atoms with van der Waals surface area (Å²) in [6.07, 6.45) is 2.05. The highest BCUT2D eigenvalue weighted by atomic mass is 32.2. The number of fused-ring (bicyclic) bond motifs is 2. The molecule has 27 heavy (non-hydrogen) atoms. The van der Waals surface area contributed by atoms with Gasteiger partial charge < -0.3 is 4.98 Å². The van der Waals surface area contributed by atoms with Crippen molar-refractivity contribution in [2.75, 3.05) is 0 Å². The molecule has 0 aliphatic heterocycles. The molecule has 3 aromatic heterocycles. The number of aromatic amines is 1. The summed E-state index contributed by atoms with van der Waals surface area (Å²) in [6, 6.07) is 8.14. The van der Waals surface area contributed by atoms with Crippen molar-refractivity contribution < 1.29 is 0 Å². The van der Waals surface area contributed by atoms with Crippen molar-refractivity contribution in [2.45, 2.75) is 44.5 Å². The van der Waals surface area contributed by atoms with E-state index in [2.05, 4.69) is 36.8 Å². The van der Waals surface area contributed by atoms with Crippen LogP contribution in [-0.2, 0) is 12.2 Å². The van der Waals surface area contributed by atoms with E-state index in [0.29, 0.717) is 16.8 Å². The number of aryl methyl sites for hydroxylation is 1. The van der Waals surface area contributed by atoms with E-state index in [1.807, 2.05) is 18.2 Å². The Morgan fingerprint density at radius 1 is 1.22 bits per heavy atom. The lowest BCUT2D eigenvalue weighted by molar-refractivity contribution is 0.561. The largest absolute Gasteiger partial charge is 0.301 e. The maximum absolute atomic E-state index is 12.7. The molecule has 140 valence electrons. The minimum Gasteiger partial charge on any atom is -0.301 e. The van der Waals surface area contributed by atoms with Crippen LogP contribution in [0.4, 0.5) is 0 Å². The van der Waals surface area contributed by atoms with Gasteiger partial charge in [0.15, 0.2) is 5.16 Å². The van der Waals surface area contributed by atoms with Gasteiger partial charge in [-0.25, -0.2) is 9.97 Å². The molecule has 0 radical (unpaired) electrons. The van der Waals surface area contributed by atoms with Gasteiger partial charge in [-0.1, -0.05) is 44.2 Å². The fraction of sp³-hybridized carbons (Fsp3) is 0.350. The number of thioether (sulfide) groups is 1. The molecule has 0 unspecified atom stereocenters. The molecular formula is C20H21N3OS3. The Kier molecular flexibility index (Phi) is 5.34. The molecule has 0 saturated heterocycles. The first kappa shape index (κ1) is 18.7. The molecule has 0 bridgehead atoms. The molecule has 4 aromatic rings. The normalized spacial score (nSPS) is 12.9. The zero-order valence-electron chi connectivity index (χ0n) is 15.5. The number of para-hydroxylation sites is 1. The lowest BCUT2D eigenvalue weighted by atomic mass is 9.98. The van der Waals surface area contributed by atoms with Crippen LogP contribution in [0.15, 0.2) is 34.2 Å². The van der Waals surface area contributed by atoms with Gasteiger partial charge in [0.25, 0.3) is 5.56 Å². The number of thiazole rings is 1. The van der Waals surface area contributed by atoms with E-state index >= 15 is 0 Å².